The van der Waals surface area contributed by atoms with Gasteiger partial charge in [0.25, 0.3) is 0 Å². The Labute approximate surface area is 354 Å². The van der Waals surface area contributed by atoms with Crippen LogP contribution in [-0.2, 0) is 57.4 Å². The van der Waals surface area contributed by atoms with E-state index in [0.29, 0.717) is 51.0 Å². The Morgan fingerprint density at radius 1 is 0.900 bits per heavy atom. The minimum absolute atomic E-state index is 0.0570. The molecule has 16 heteroatoms. The number of nitrogens with one attached hydrogen (secondary N) is 1. The number of ether oxygens (including phenoxy) is 6. The van der Waals surface area contributed by atoms with Crippen molar-refractivity contribution >= 4 is 24.1 Å². The van der Waals surface area contributed by atoms with E-state index < -0.39 is 24.3 Å². The number of allylic oxidation sites excluding steroid dienone is 1. The number of nitrogens with two attached hydrogens (primary N) is 1. The van der Waals surface area contributed by atoms with Crippen LogP contribution in [0.25, 0.3) is 6.08 Å². The highest BCUT2D eigenvalue weighted by Gasteiger charge is 2.37. The third-order valence-corrected chi connectivity index (χ3v) is 11.3. The summed E-state index contributed by atoms with van der Waals surface area (Å²) >= 11 is 0. The number of carbonyl (C=O) groups is 3. The van der Waals surface area contributed by atoms with Gasteiger partial charge in [0.1, 0.15) is 18.5 Å². The van der Waals surface area contributed by atoms with Crippen LogP contribution in [-0.4, -0.2) is 108 Å². The fourth-order valence-corrected chi connectivity index (χ4v) is 8.29. The lowest BCUT2D eigenvalue weighted by Gasteiger charge is -2.38. The van der Waals surface area contributed by atoms with Gasteiger partial charge in [-0.15, -0.1) is 5.10 Å². The first-order valence-electron chi connectivity index (χ1n) is 22.2. The highest BCUT2D eigenvalue weighted by Crippen LogP contribution is 2.33. The van der Waals surface area contributed by atoms with Crippen LogP contribution in [0.5, 0.6) is 0 Å². The maximum Gasteiger partial charge on any atom is 0.407 e. The van der Waals surface area contributed by atoms with Crippen molar-refractivity contribution in [3.63, 3.8) is 0 Å². The lowest BCUT2D eigenvalue weighted by molar-refractivity contribution is -0.171. The third kappa shape index (κ3) is 17.5. The lowest BCUT2D eigenvalue weighted by atomic mass is 9.91. The molecule has 2 aromatic rings. The van der Waals surface area contributed by atoms with E-state index >= 15 is 0 Å². The van der Waals surface area contributed by atoms with Gasteiger partial charge in [0.15, 0.2) is 0 Å². The molecule has 3 fully saturated rings. The number of esters is 2. The zero-order valence-corrected chi connectivity index (χ0v) is 35.7. The molecule has 5 heterocycles. The number of nitrogens with zero attached hydrogens (tertiary/aromatic N) is 4. The van der Waals surface area contributed by atoms with Crippen molar-refractivity contribution in [1.82, 2.24) is 25.3 Å². The molecule has 3 N–H and O–H groups in total. The average molecular weight is 841 g/mol. The van der Waals surface area contributed by atoms with Gasteiger partial charge < -0.3 is 43.9 Å². The number of hydrogen-bond donors (Lipinski definition) is 2. The molecule has 334 valence electrons. The van der Waals surface area contributed by atoms with Crippen molar-refractivity contribution in [2.75, 3.05) is 27.3 Å². The summed E-state index contributed by atoms with van der Waals surface area (Å²) in [5.74, 6) is -0.308. The SMILES string of the molecule is COC(=O)NCC=Cc1nc(CCC=CC(=O)O[C@@H]2CC3C[C@H](OC)CC4CCC[C@@H](C[C@H](CCCCCCCCc5cn(CCCN)nn5)OC(=O)C[C@H](C2)O3)O4)co1. The zero-order chi connectivity index (χ0) is 42.4. The molecule has 0 aliphatic carbocycles. The number of oxazole rings is 1. The number of aryl methyl sites for hydroxylation is 3. The van der Waals surface area contributed by atoms with Gasteiger partial charge in [-0.3, -0.25) is 9.48 Å². The summed E-state index contributed by atoms with van der Waals surface area (Å²) in [7, 11) is 3.03. The van der Waals surface area contributed by atoms with Crippen molar-refractivity contribution in [2.45, 2.75) is 178 Å². The molecule has 7 atom stereocenters. The minimum Gasteiger partial charge on any atom is -0.462 e. The number of unbranched alkanes of at least 4 members (excludes halogenated alkanes) is 5. The van der Waals surface area contributed by atoms with Crippen molar-refractivity contribution in [1.29, 1.82) is 0 Å². The first kappa shape index (κ1) is 46.9. The van der Waals surface area contributed by atoms with E-state index in [-0.39, 0.29) is 49.5 Å². The Morgan fingerprint density at radius 2 is 1.65 bits per heavy atom. The van der Waals surface area contributed by atoms with Gasteiger partial charge in [-0.1, -0.05) is 43.0 Å². The molecule has 60 heavy (non-hydrogen) atoms. The lowest BCUT2D eigenvalue weighted by Crippen LogP contribution is -2.42. The molecule has 0 saturated carbocycles. The minimum atomic E-state index is -0.518. The van der Waals surface area contributed by atoms with Crippen LogP contribution in [0.3, 0.4) is 0 Å². The predicted octanol–water partition coefficient (Wildman–Crippen LogP) is 6.34. The molecule has 0 spiro atoms. The summed E-state index contributed by atoms with van der Waals surface area (Å²) < 4.78 is 43.1. The number of carbonyl (C=O) groups excluding carboxylic acids is 3. The molecule has 3 saturated heterocycles. The van der Waals surface area contributed by atoms with E-state index in [1.807, 2.05) is 10.9 Å². The molecule has 2 unspecified atom stereocenters. The van der Waals surface area contributed by atoms with E-state index in [9.17, 15) is 14.4 Å². The summed E-state index contributed by atoms with van der Waals surface area (Å²) in [4.78, 5) is 42.1. The van der Waals surface area contributed by atoms with Gasteiger partial charge in [-0.2, -0.15) is 0 Å². The second-order valence-electron chi connectivity index (χ2n) is 16.3. The standard InChI is InChI=1S/C44H68N6O10/c1-54-37-25-35-18-11-17-34(57-35)24-36(16-8-6-4-3-5-7-14-32-30-50(49-48-32)23-13-21-45)59-43(52)29-40-28-39(27-38(26-37)58-40)60-42(51)20-10-9-15-33-31-56-41(47-33)19-12-22-46-44(53)55-2/h10,12,19-20,30-31,34-40H,3-9,11,13-18,21-29,45H2,1-2H3,(H,46,53)/t34-,35?,36-,37+,38?,39+,40-/m0/s1. The highest BCUT2D eigenvalue weighted by molar-refractivity contribution is 5.82. The number of methoxy groups -OCH3 is 2. The van der Waals surface area contributed by atoms with Crippen LogP contribution in [0.4, 0.5) is 4.79 Å². The van der Waals surface area contributed by atoms with E-state index in [2.05, 4.69) is 25.3 Å². The van der Waals surface area contributed by atoms with Crippen LogP contribution in [0.15, 0.2) is 35.1 Å². The van der Waals surface area contributed by atoms with Gasteiger partial charge in [0, 0.05) is 51.7 Å². The molecule has 4 bridgehead atoms. The summed E-state index contributed by atoms with van der Waals surface area (Å²) in [5.41, 5.74) is 7.38. The van der Waals surface area contributed by atoms with Gasteiger partial charge in [-0.05, 0) is 89.7 Å². The molecule has 3 aliphatic heterocycles. The van der Waals surface area contributed by atoms with Gasteiger partial charge in [0.2, 0.25) is 5.89 Å². The number of fused-ring (bicyclic) bond motifs is 4. The topological polar surface area (TPSA) is 201 Å². The highest BCUT2D eigenvalue weighted by atomic mass is 16.6. The molecular formula is C44H68N6O10. The molecule has 16 nitrogen and oxygen atoms in total. The number of rotatable bonds is 21. The van der Waals surface area contributed by atoms with Gasteiger partial charge in [0.05, 0.1) is 55.4 Å². The fourth-order valence-electron chi connectivity index (χ4n) is 8.29. The monoisotopic (exact) mass is 840 g/mol. The van der Waals surface area contributed by atoms with Gasteiger partial charge >= 0.3 is 18.0 Å². The van der Waals surface area contributed by atoms with E-state index in [1.54, 1.807) is 31.6 Å². The fraction of sp³-hybridized carbons (Fsp3) is 0.727. The van der Waals surface area contributed by atoms with Crippen molar-refractivity contribution in [2.24, 2.45) is 5.73 Å². The first-order chi connectivity index (χ1) is 29.3. The third-order valence-electron chi connectivity index (χ3n) is 11.3. The number of amides is 1. The number of alkyl carbamates (subject to hydrolysis) is 1. The summed E-state index contributed by atoms with van der Waals surface area (Å²) in [5, 5.41) is 11.0. The maximum atomic E-state index is 13.5. The van der Waals surface area contributed by atoms with Crippen LogP contribution in [0.2, 0.25) is 0 Å². The molecule has 0 radical (unpaired) electrons. The summed E-state index contributed by atoms with van der Waals surface area (Å²) in [6, 6.07) is 0. The predicted molar refractivity (Wildman–Crippen MR) is 223 cm³/mol. The van der Waals surface area contributed by atoms with E-state index in [0.717, 1.165) is 101 Å². The molecular weight excluding hydrogens is 773 g/mol. The average Bonchev–Trinajstić information content (AvgIpc) is 3.89. The van der Waals surface area contributed by atoms with Gasteiger partial charge in [-0.25, -0.2) is 14.6 Å². The second kappa shape index (κ2) is 26.3. The van der Waals surface area contributed by atoms with Crippen molar-refractivity contribution in [3.8, 4) is 0 Å². The Balaban J connectivity index is 1.07. The van der Waals surface area contributed by atoms with Crippen LogP contribution in [0.1, 0.15) is 133 Å². The normalized spacial score (nSPS) is 25.2. The molecule has 0 aromatic carbocycles. The van der Waals surface area contributed by atoms with Crippen molar-refractivity contribution < 1.29 is 47.2 Å². The molecule has 2 aromatic heterocycles. The number of hydrogen-bond acceptors (Lipinski definition) is 14. The molecule has 3 aliphatic rings. The number of cyclic esters (lactones) is 1. The smallest absolute Gasteiger partial charge is 0.407 e. The Bertz CT molecular complexity index is 1630. The Morgan fingerprint density at radius 3 is 2.47 bits per heavy atom. The number of aromatic nitrogens is 4. The summed E-state index contributed by atoms with van der Waals surface area (Å²) in [6.07, 6.45) is 24.8. The maximum absolute atomic E-state index is 13.5. The quantitative estimate of drug-likeness (QED) is 0.0610. The largest absolute Gasteiger partial charge is 0.462 e. The van der Waals surface area contributed by atoms with Crippen molar-refractivity contribution in [3.05, 3.63) is 48.0 Å². The van der Waals surface area contributed by atoms with Crippen LogP contribution >= 0.6 is 0 Å². The summed E-state index contributed by atoms with van der Waals surface area (Å²) in [6.45, 7) is 1.74. The van der Waals surface area contributed by atoms with Crippen LogP contribution in [0, 0.1) is 0 Å². The first-order valence-corrected chi connectivity index (χ1v) is 22.2. The second-order valence-corrected chi connectivity index (χ2v) is 16.3. The van der Waals surface area contributed by atoms with E-state index in [1.165, 1.54) is 13.2 Å². The molecule has 5 rings (SSSR count). The molecule has 1 amide bonds. The Kier molecular flexibility index (Phi) is 20.5. The Hall–Kier alpha value is -4.12. The van der Waals surface area contributed by atoms with Crippen LogP contribution < -0.4 is 11.1 Å². The zero-order valence-electron chi connectivity index (χ0n) is 35.7. The van der Waals surface area contributed by atoms with E-state index in [4.69, 9.17) is 33.8 Å².